The fraction of sp³-hybridized carbons (Fsp3) is 0.537. The van der Waals surface area contributed by atoms with Crippen LogP contribution in [0.5, 0.6) is 0 Å². The average Bonchev–Trinajstić information content (AvgIpc) is 1.59. The van der Waals surface area contributed by atoms with Crippen molar-refractivity contribution in [3.8, 4) is 33.6 Å². The third kappa shape index (κ3) is 14.4. The highest BCUT2D eigenvalue weighted by atomic mass is 28.4. The Morgan fingerprint density at radius 3 is 1.43 bits per heavy atom. The normalized spacial score (nSPS) is 17.6. The summed E-state index contributed by atoms with van der Waals surface area (Å²) in [6, 6.07) is 24.3. The van der Waals surface area contributed by atoms with Crippen LogP contribution >= 0.6 is 0 Å². The monoisotopic (exact) mass is 1370 g/mol. The molecule has 0 spiro atoms. The first-order chi connectivity index (χ1) is 45.6. The van der Waals surface area contributed by atoms with Crippen LogP contribution in [0.1, 0.15) is 219 Å². The number of hydrogen-bond acceptors (Lipinski definition) is 10. The molecular formula is C80H115N9O5Si3. The number of nitrogens with one attached hydrogen (secondary N) is 3. The van der Waals surface area contributed by atoms with Gasteiger partial charge in [0.25, 0.3) is 5.56 Å². The number of rotatable bonds is 23. The summed E-state index contributed by atoms with van der Waals surface area (Å²) in [6.07, 6.45) is 9.47. The van der Waals surface area contributed by atoms with E-state index in [0.29, 0.717) is 18.1 Å². The lowest BCUT2D eigenvalue weighted by atomic mass is 9.93. The lowest BCUT2D eigenvalue weighted by Gasteiger charge is -2.44. The van der Waals surface area contributed by atoms with E-state index < -0.39 is 55.1 Å². The van der Waals surface area contributed by atoms with Gasteiger partial charge in [0, 0.05) is 27.7 Å². The van der Waals surface area contributed by atoms with E-state index in [4.69, 9.17) is 43.7 Å². The number of ether oxygens (including phenoxy) is 1. The van der Waals surface area contributed by atoms with Gasteiger partial charge in [0.1, 0.15) is 24.1 Å². The lowest BCUT2D eigenvalue weighted by Crippen LogP contribution is -2.54. The molecule has 0 amide bonds. The summed E-state index contributed by atoms with van der Waals surface area (Å²) in [5.74, 6) is 0.478. The maximum absolute atomic E-state index is 14.4. The first-order valence-electron chi connectivity index (χ1n) is 36.4. The summed E-state index contributed by atoms with van der Waals surface area (Å²) >= 11 is 0. The first kappa shape index (κ1) is 73.4. The molecule has 0 saturated carbocycles. The van der Waals surface area contributed by atoms with Gasteiger partial charge in [-0.15, -0.1) is 0 Å². The van der Waals surface area contributed by atoms with Gasteiger partial charge < -0.3 is 33.7 Å². The molecule has 1 saturated heterocycles. The van der Waals surface area contributed by atoms with E-state index >= 15 is 0 Å². The number of aryl methyl sites for hydroxylation is 4. The molecule has 5 aromatic heterocycles. The van der Waals surface area contributed by atoms with Crippen molar-refractivity contribution in [3.05, 3.63) is 122 Å². The Hall–Kier alpha value is -6.32. The summed E-state index contributed by atoms with van der Waals surface area (Å²) in [5.41, 5.74) is 30.0. The number of benzene rings is 2. The van der Waals surface area contributed by atoms with Crippen molar-refractivity contribution in [3.63, 3.8) is 0 Å². The molecule has 8 bridgehead atoms. The van der Waals surface area contributed by atoms with Gasteiger partial charge in [0.15, 0.2) is 42.3 Å². The summed E-state index contributed by atoms with van der Waals surface area (Å²) < 4.78 is 32.1. The molecule has 5 N–H and O–H groups in total. The van der Waals surface area contributed by atoms with Crippen molar-refractivity contribution in [1.82, 2.24) is 39.5 Å². The maximum Gasteiger partial charge on any atom is 0.280 e. The van der Waals surface area contributed by atoms with Gasteiger partial charge in [-0.25, -0.2) is 15.0 Å². The van der Waals surface area contributed by atoms with Gasteiger partial charge in [-0.3, -0.25) is 14.3 Å². The number of nitrogen functional groups attached to an aromatic ring is 1. The SMILES string of the molecule is CCCCC1=C(C)c2nc1cc1[nH]c(c(C)c1CCCC)c(-c1ccccc1)c1nc(cc3[nH]c(c(C)c3CCCC)c2-c2ccc(-c3nc4c(=O)[nH]c(N)nc4n3[C@@H]3O[C@H](CO[Si](C)(C)C(C)(C)C)[C@@H](O[Si](C)(C)C(C)(C)C)[C@H]3O[Si](C)(C)C(C)(C)C)cc2)C(CCCC)=C1C. The topological polar surface area (TPSA) is 184 Å². The average molecular weight is 1370 g/mol. The molecule has 10 rings (SSSR count). The van der Waals surface area contributed by atoms with Gasteiger partial charge in [-0.2, -0.15) is 4.98 Å². The third-order valence-corrected chi connectivity index (χ3v) is 36.1. The molecule has 7 aromatic rings. The highest BCUT2D eigenvalue weighted by Gasteiger charge is 2.56. The zero-order valence-electron chi connectivity index (χ0n) is 63.2. The second-order valence-electron chi connectivity index (χ2n) is 32.6. The van der Waals surface area contributed by atoms with Gasteiger partial charge in [-0.05, 0) is 201 Å². The highest BCUT2D eigenvalue weighted by Crippen LogP contribution is 2.50. The van der Waals surface area contributed by atoms with E-state index in [2.05, 4.69) is 239 Å². The van der Waals surface area contributed by atoms with Crippen LogP contribution < -0.4 is 11.3 Å². The van der Waals surface area contributed by atoms with Crippen LogP contribution in [-0.2, 0) is 30.9 Å². The quantitative estimate of drug-likeness (QED) is 0.0450. The van der Waals surface area contributed by atoms with Crippen molar-refractivity contribution >= 4 is 86.4 Å². The van der Waals surface area contributed by atoms with Gasteiger partial charge in [0.05, 0.1) is 40.4 Å². The molecule has 0 unspecified atom stereocenters. The third-order valence-electron chi connectivity index (χ3n) is 22.7. The number of aromatic amines is 3. The van der Waals surface area contributed by atoms with Crippen molar-refractivity contribution in [2.45, 2.75) is 274 Å². The number of anilines is 1. The fourth-order valence-electron chi connectivity index (χ4n) is 13.5. The van der Waals surface area contributed by atoms with Gasteiger partial charge in [0.2, 0.25) is 5.95 Å². The van der Waals surface area contributed by atoms with Crippen LogP contribution in [0.3, 0.4) is 0 Å². The number of unbranched alkanes of at least 4 members (excludes halogenated alkanes) is 4. The molecule has 97 heavy (non-hydrogen) atoms. The highest BCUT2D eigenvalue weighted by molar-refractivity contribution is 6.75. The zero-order chi connectivity index (χ0) is 70.6. The van der Waals surface area contributed by atoms with Crippen molar-refractivity contribution in [2.75, 3.05) is 12.3 Å². The Kier molecular flexibility index (Phi) is 21.5. The largest absolute Gasteiger partial charge is 0.414 e. The molecule has 4 atom stereocenters. The molecule has 8 heterocycles. The molecule has 0 radical (unpaired) electrons. The van der Waals surface area contributed by atoms with Crippen molar-refractivity contribution in [1.29, 1.82) is 0 Å². The molecular weight excluding hydrogens is 1250 g/mol. The first-order valence-corrected chi connectivity index (χ1v) is 45.1. The number of nitrogens with zero attached hydrogens (tertiary/aromatic N) is 5. The number of allylic oxidation sites excluding steroid dienone is 4. The van der Waals surface area contributed by atoms with Crippen LogP contribution in [0.15, 0.2) is 71.5 Å². The summed E-state index contributed by atoms with van der Waals surface area (Å²) in [5, 5.41) is -0.382. The molecule has 2 aromatic carbocycles. The van der Waals surface area contributed by atoms with E-state index in [9.17, 15) is 4.79 Å². The molecule has 522 valence electrons. The molecule has 3 aliphatic heterocycles. The van der Waals surface area contributed by atoms with Crippen LogP contribution in [-0.4, -0.2) is 89.3 Å². The van der Waals surface area contributed by atoms with E-state index in [1.165, 1.54) is 44.5 Å². The fourth-order valence-corrected chi connectivity index (χ4v) is 17.1. The van der Waals surface area contributed by atoms with Gasteiger partial charge in [-0.1, -0.05) is 170 Å². The maximum atomic E-state index is 14.4. The minimum absolute atomic E-state index is 0.0198. The second-order valence-corrected chi connectivity index (χ2v) is 46.9. The number of aromatic nitrogens is 8. The Bertz CT molecular complexity index is 4360. The standard InChI is InChI=1S/C80H115N9O5Si3/c1-24-28-37-55-48(5)66-64(52-35-33-32-34-36-52)67-49(6)56(38-29-25-2)60(83-67)46-62-58(40-31-27-4)51(8)69(85-62)65(68-50(7)57(39-30-26-3)61(84-68)45-59(55)82-66)53-41-43-54(44-42-53)73-86-70-74(87-77(81)88-75(70)90)89(73)76-72(94-97(22,23)80(15,16)17)71(93-96(20,21)79(12,13)14)63(92-76)47-91-95(18,19)78(9,10)11/h32-36,41-46,63,71-72,76,82,85H,24-31,37-40,47H2,1-23H3,(H3,81,87,88,90)/t63-,71-,72-,76-/m1/s1. The summed E-state index contributed by atoms with van der Waals surface area (Å²) in [4.78, 5) is 47.4. The second kappa shape index (κ2) is 28.4. The van der Waals surface area contributed by atoms with Crippen LogP contribution in [0.25, 0.3) is 89.2 Å². The minimum atomic E-state index is -2.63. The molecule has 17 heteroatoms. The number of nitrogens with two attached hydrogens (primary N) is 1. The van der Waals surface area contributed by atoms with E-state index in [1.54, 1.807) is 0 Å². The molecule has 14 nitrogen and oxygen atoms in total. The van der Waals surface area contributed by atoms with Crippen molar-refractivity contribution < 1.29 is 18.0 Å². The van der Waals surface area contributed by atoms with Crippen LogP contribution in [0, 0.1) is 13.8 Å². The Labute approximate surface area is 582 Å². The Morgan fingerprint density at radius 2 is 0.979 bits per heavy atom. The van der Waals surface area contributed by atoms with Crippen molar-refractivity contribution in [2.24, 2.45) is 0 Å². The van der Waals surface area contributed by atoms with Gasteiger partial charge >= 0.3 is 0 Å². The minimum Gasteiger partial charge on any atom is -0.414 e. The summed E-state index contributed by atoms with van der Waals surface area (Å²) in [6.45, 7) is 52.7. The predicted octanol–water partition coefficient (Wildman–Crippen LogP) is 21.6. The van der Waals surface area contributed by atoms with Crippen LogP contribution in [0.2, 0.25) is 54.4 Å². The smallest absolute Gasteiger partial charge is 0.280 e. The van der Waals surface area contributed by atoms with Crippen LogP contribution in [0.4, 0.5) is 5.95 Å². The Balaban J connectivity index is 1.28. The zero-order valence-corrected chi connectivity index (χ0v) is 66.2. The van der Waals surface area contributed by atoms with E-state index in [-0.39, 0.29) is 26.6 Å². The number of hydrogen-bond donors (Lipinski definition) is 4. The molecule has 1 fully saturated rings. The number of imidazole rings is 1. The number of fused-ring (bicyclic) bond motifs is 9. The lowest BCUT2D eigenvalue weighted by molar-refractivity contribution is -0.0462. The summed E-state index contributed by atoms with van der Waals surface area (Å²) in [7, 11) is -7.49. The predicted molar refractivity (Wildman–Crippen MR) is 415 cm³/mol. The molecule has 3 aliphatic rings. The number of H-pyrrole nitrogens is 3. The van der Waals surface area contributed by atoms with E-state index in [0.717, 1.165) is 150 Å². The Morgan fingerprint density at radius 1 is 0.546 bits per heavy atom. The van der Waals surface area contributed by atoms with E-state index in [1.807, 2.05) is 4.57 Å². The molecule has 0 aliphatic carbocycles.